The molecule has 0 radical (unpaired) electrons. The smallest absolute Gasteiger partial charge is 0.229 e. The zero-order valence-corrected chi connectivity index (χ0v) is 14.0. The Bertz CT molecular complexity index is 839. The third-order valence-corrected chi connectivity index (χ3v) is 3.71. The average molecular weight is 338 g/mol. The molecule has 0 aliphatic heterocycles. The molecule has 3 rings (SSSR count). The van der Waals surface area contributed by atoms with E-state index in [0.29, 0.717) is 11.8 Å². The van der Waals surface area contributed by atoms with Crippen LogP contribution in [-0.2, 0) is 0 Å². The molecule has 2 aromatic carbocycles. The molecule has 3 aromatic rings. The minimum atomic E-state index is -0.254. The number of benzene rings is 2. The maximum Gasteiger partial charge on any atom is 0.229 e. The molecule has 25 heavy (non-hydrogen) atoms. The van der Waals surface area contributed by atoms with Gasteiger partial charge in [0.25, 0.3) is 0 Å². The van der Waals surface area contributed by atoms with Crippen molar-refractivity contribution in [3.05, 3.63) is 72.2 Å². The summed E-state index contributed by atoms with van der Waals surface area (Å²) in [4.78, 5) is 8.66. The number of hydrogen-bond acceptors (Lipinski definition) is 5. The first-order valence-electron chi connectivity index (χ1n) is 7.90. The summed E-state index contributed by atoms with van der Waals surface area (Å²) in [7, 11) is 1.63. The number of nitrogens with zero attached hydrogens (tertiary/aromatic N) is 2. The third-order valence-electron chi connectivity index (χ3n) is 3.71. The molecule has 128 valence electrons. The van der Waals surface area contributed by atoms with Crippen molar-refractivity contribution in [3.8, 4) is 5.75 Å². The van der Waals surface area contributed by atoms with E-state index in [9.17, 15) is 4.39 Å². The molecule has 5 nitrogen and oxygen atoms in total. The van der Waals surface area contributed by atoms with E-state index in [1.54, 1.807) is 25.4 Å². The fraction of sp³-hybridized carbons (Fsp3) is 0.158. The predicted octanol–water partition coefficient (Wildman–Crippen LogP) is 4.54. The first kappa shape index (κ1) is 16.7. The molecule has 0 fully saturated rings. The van der Waals surface area contributed by atoms with E-state index in [0.717, 1.165) is 17.0 Å². The van der Waals surface area contributed by atoms with Crippen LogP contribution >= 0.6 is 0 Å². The van der Waals surface area contributed by atoms with E-state index in [2.05, 4.69) is 20.6 Å². The van der Waals surface area contributed by atoms with Crippen LogP contribution in [0.4, 0.5) is 21.8 Å². The Labute approximate surface area is 145 Å². The topological polar surface area (TPSA) is 59.1 Å². The van der Waals surface area contributed by atoms with E-state index >= 15 is 0 Å². The molecular weight excluding hydrogens is 319 g/mol. The van der Waals surface area contributed by atoms with Crippen molar-refractivity contribution in [1.82, 2.24) is 9.97 Å². The second-order valence-corrected chi connectivity index (χ2v) is 5.54. The number of aromatic nitrogens is 2. The highest BCUT2D eigenvalue weighted by molar-refractivity contribution is 5.56. The van der Waals surface area contributed by atoms with Crippen molar-refractivity contribution >= 4 is 17.5 Å². The molecule has 1 atom stereocenters. The summed E-state index contributed by atoms with van der Waals surface area (Å²) in [5.41, 5.74) is 1.71. The lowest BCUT2D eigenvalue weighted by molar-refractivity contribution is 0.415. The van der Waals surface area contributed by atoms with Gasteiger partial charge in [0, 0.05) is 11.9 Å². The zero-order valence-electron chi connectivity index (χ0n) is 14.0. The Balaban J connectivity index is 1.70. The summed E-state index contributed by atoms with van der Waals surface area (Å²) >= 11 is 0. The van der Waals surface area contributed by atoms with Gasteiger partial charge in [0.2, 0.25) is 5.95 Å². The molecule has 0 spiro atoms. The van der Waals surface area contributed by atoms with Crippen LogP contribution in [0.1, 0.15) is 18.5 Å². The molecule has 0 aliphatic carbocycles. The first-order valence-corrected chi connectivity index (χ1v) is 7.90. The van der Waals surface area contributed by atoms with Crippen molar-refractivity contribution < 1.29 is 9.13 Å². The average Bonchev–Trinajstić information content (AvgIpc) is 2.63. The molecular formula is C19H19FN4O. The highest BCUT2D eigenvalue weighted by Gasteiger charge is 2.08. The quantitative estimate of drug-likeness (QED) is 0.691. The van der Waals surface area contributed by atoms with Crippen molar-refractivity contribution in [2.24, 2.45) is 0 Å². The summed E-state index contributed by atoms with van der Waals surface area (Å²) in [6.45, 7) is 1.95. The van der Waals surface area contributed by atoms with Gasteiger partial charge < -0.3 is 15.4 Å². The fourth-order valence-corrected chi connectivity index (χ4v) is 2.38. The summed E-state index contributed by atoms with van der Waals surface area (Å²) < 4.78 is 18.5. The monoisotopic (exact) mass is 338 g/mol. The minimum Gasteiger partial charge on any atom is -0.497 e. The number of anilines is 3. The molecule has 0 saturated carbocycles. The predicted molar refractivity (Wildman–Crippen MR) is 96.7 cm³/mol. The Morgan fingerprint density at radius 1 is 1.08 bits per heavy atom. The van der Waals surface area contributed by atoms with Crippen LogP contribution in [0.25, 0.3) is 0 Å². The van der Waals surface area contributed by atoms with E-state index in [-0.39, 0.29) is 11.9 Å². The number of methoxy groups -OCH3 is 1. The van der Waals surface area contributed by atoms with Gasteiger partial charge in [-0.15, -0.1) is 0 Å². The second-order valence-electron chi connectivity index (χ2n) is 5.54. The number of hydrogen-bond donors (Lipinski definition) is 2. The minimum absolute atomic E-state index is 0.0839. The Morgan fingerprint density at radius 3 is 2.60 bits per heavy atom. The molecule has 1 heterocycles. The SMILES string of the molecule is COc1ccc(Nc2nccc(NC(C)c3cccc(F)c3)n2)cc1. The lowest BCUT2D eigenvalue weighted by atomic mass is 10.1. The maximum atomic E-state index is 13.4. The number of rotatable bonds is 6. The highest BCUT2D eigenvalue weighted by Crippen LogP contribution is 2.21. The fourth-order valence-electron chi connectivity index (χ4n) is 2.38. The number of nitrogens with one attached hydrogen (secondary N) is 2. The van der Waals surface area contributed by atoms with Gasteiger partial charge >= 0.3 is 0 Å². The zero-order chi connectivity index (χ0) is 17.6. The normalized spacial score (nSPS) is 11.6. The van der Waals surface area contributed by atoms with Gasteiger partial charge in [-0.3, -0.25) is 0 Å². The van der Waals surface area contributed by atoms with Crippen LogP contribution < -0.4 is 15.4 Å². The van der Waals surface area contributed by atoms with Crippen LogP contribution in [0.3, 0.4) is 0 Å². The third kappa shape index (κ3) is 4.44. The largest absolute Gasteiger partial charge is 0.497 e. The van der Waals surface area contributed by atoms with Crippen LogP contribution in [0.2, 0.25) is 0 Å². The second kappa shape index (κ2) is 7.61. The van der Waals surface area contributed by atoms with Gasteiger partial charge in [0.1, 0.15) is 17.4 Å². The van der Waals surface area contributed by atoms with Gasteiger partial charge in [-0.05, 0) is 55.0 Å². The Kier molecular flexibility index (Phi) is 5.09. The van der Waals surface area contributed by atoms with Crippen LogP contribution in [-0.4, -0.2) is 17.1 Å². The first-order chi connectivity index (χ1) is 12.1. The van der Waals surface area contributed by atoms with Crippen LogP contribution in [0, 0.1) is 5.82 Å². The van der Waals surface area contributed by atoms with Crippen LogP contribution in [0.15, 0.2) is 60.8 Å². The molecule has 0 aliphatic rings. The summed E-state index contributed by atoms with van der Waals surface area (Å²) in [5.74, 6) is 1.66. The standard InChI is InChI=1S/C19H19FN4O/c1-13(14-4-3-5-15(20)12-14)22-18-10-11-21-19(24-18)23-16-6-8-17(25-2)9-7-16/h3-13H,1-2H3,(H2,21,22,23,24). The van der Waals surface area contributed by atoms with Crippen molar-refractivity contribution in [2.45, 2.75) is 13.0 Å². The van der Waals surface area contributed by atoms with Gasteiger partial charge in [0.05, 0.1) is 13.2 Å². The van der Waals surface area contributed by atoms with Crippen molar-refractivity contribution in [1.29, 1.82) is 0 Å². The van der Waals surface area contributed by atoms with Crippen molar-refractivity contribution in [3.63, 3.8) is 0 Å². The Morgan fingerprint density at radius 2 is 1.88 bits per heavy atom. The van der Waals surface area contributed by atoms with E-state index in [1.807, 2.05) is 37.3 Å². The molecule has 0 saturated heterocycles. The van der Waals surface area contributed by atoms with E-state index < -0.39 is 0 Å². The van der Waals surface area contributed by atoms with E-state index in [4.69, 9.17) is 4.74 Å². The van der Waals surface area contributed by atoms with Crippen molar-refractivity contribution in [2.75, 3.05) is 17.7 Å². The number of ether oxygens (including phenoxy) is 1. The molecule has 0 amide bonds. The molecule has 0 bridgehead atoms. The van der Waals surface area contributed by atoms with E-state index in [1.165, 1.54) is 12.1 Å². The highest BCUT2D eigenvalue weighted by atomic mass is 19.1. The van der Waals surface area contributed by atoms with Crippen LogP contribution in [0.5, 0.6) is 5.75 Å². The van der Waals surface area contributed by atoms with Gasteiger partial charge in [-0.2, -0.15) is 4.98 Å². The summed E-state index contributed by atoms with van der Waals surface area (Å²) in [6, 6.07) is 15.7. The maximum absolute atomic E-state index is 13.4. The molecule has 1 unspecified atom stereocenters. The lowest BCUT2D eigenvalue weighted by Gasteiger charge is -2.15. The number of halogens is 1. The molecule has 6 heteroatoms. The van der Waals surface area contributed by atoms with Gasteiger partial charge in [-0.25, -0.2) is 9.37 Å². The van der Waals surface area contributed by atoms with Gasteiger partial charge in [-0.1, -0.05) is 12.1 Å². The lowest BCUT2D eigenvalue weighted by Crippen LogP contribution is -2.09. The molecule has 2 N–H and O–H groups in total. The Hall–Kier alpha value is -3.15. The van der Waals surface area contributed by atoms with Gasteiger partial charge in [0.15, 0.2) is 0 Å². The summed E-state index contributed by atoms with van der Waals surface area (Å²) in [5, 5.41) is 6.39. The summed E-state index contributed by atoms with van der Waals surface area (Å²) in [6.07, 6.45) is 1.67. The molecule has 1 aromatic heterocycles.